The Morgan fingerprint density at radius 3 is 2.39 bits per heavy atom. The van der Waals surface area contributed by atoms with E-state index in [1.165, 1.54) is 18.3 Å². The second kappa shape index (κ2) is 13.6. The van der Waals surface area contributed by atoms with Crippen molar-refractivity contribution in [3.8, 4) is 0 Å². The van der Waals surface area contributed by atoms with Gasteiger partial charge in [0.2, 0.25) is 5.91 Å². The summed E-state index contributed by atoms with van der Waals surface area (Å²) in [6.07, 6.45) is 7.18. The van der Waals surface area contributed by atoms with Gasteiger partial charge in [0.1, 0.15) is 24.3 Å². The molecule has 0 saturated heterocycles. The number of aromatic nitrogens is 3. The van der Waals surface area contributed by atoms with Crippen LogP contribution >= 0.6 is 10.0 Å². The van der Waals surface area contributed by atoms with Gasteiger partial charge >= 0.3 is 6.18 Å². The molecule has 3 N–H and O–H groups in total. The van der Waals surface area contributed by atoms with Gasteiger partial charge in [0, 0.05) is 35.3 Å². The number of pyridine rings is 1. The summed E-state index contributed by atoms with van der Waals surface area (Å²) in [5.41, 5.74) is 3.46. The van der Waals surface area contributed by atoms with Crippen molar-refractivity contribution >= 4 is 33.2 Å². The van der Waals surface area contributed by atoms with Crippen molar-refractivity contribution in [2.75, 3.05) is 43.2 Å². The molecule has 5 rings (SSSR count). The van der Waals surface area contributed by atoms with Gasteiger partial charge in [-0.25, -0.2) is 20.4 Å². The number of ether oxygens (including phenoxy) is 1. The highest BCUT2D eigenvalue weighted by molar-refractivity contribution is 8.32. The van der Waals surface area contributed by atoms with E-state index < -0.39 is 45.8 Å². The van der Waals surface area contributed by atoms with Crippen molar-refractivity contribution < 1.29 is 27.5 Å². The van der Waals surface area contributed by atoms with E-state index in [0.29, 0.717) is 30.1 Å². The maximum atomic E-state index is 14.5. The van der Waals surface area contributed by atoms with Crippen molar-refractivity contribution in [1.29, 1.82) is 0 Å². The van der Waals surface area contributed by atoms with E-state index in [1.807, 2.05) is 6.92 Å². The van der Waals surface area contributed by atoms with Crippen LogP contribution in [0, 0.1) is 17.8 Å². The molecule has 46 heavy (non-hydrogen) atoms. The van der Waals surface area contributed by atoms with Crippen LogP contribution in [-0.2, 0) is 22.3 Å². The number of alkyl halides is 3. The van der Waals surface area contributed by atoms with Gasteiger partial charge in [-0.05, 0) is 101 Å². The van der Waals surface area contributed by atoms with Gasteiger partial charge in [0.25, 0.3) is 5.91 Å². The number of halogens is 3. The van der Waals surface area contributed by atoms with E-state index in [4.69, 9.17) is 4.74 Å². The number of nitrogens with zero attached hydrogens (tertiary/aromatic N) is 4. The summed E-state index contributed by atoms with van der Waals surface area (Å²) in [6, 6.07) is 3.01. The zero-order valence-corrected chi connectivity index (χ0v) is 28.2. The van der Waals surface area contributed by atoms with Crippen molar-refractivity contribution in [2.24, 2.45) is 17.8 Å². The number of amides is 2. The summed E-state index contributed by atoms with van der Waals surface area (Å²) in [7, 11) is -0.728. The van der Waals surface area contributed by atoms with Crippen LogP contribution in [0.3, 0.4) is 0 Å². The lowest BCUT2D eigenvalue weighted by molar-refractivity contribution is -0.141. The van der Waals surface area contributed by atoms with E-state index >= 15 is 0 Å². The number of carbonyl (C=O) groups is 2. The number of rotatable bonds is 14. The first kappa shape index (κ1) is 34.2. The molecule has 2 aromatic rings. The highest BCUT2D eigenvalue weighted by Crippen LogP contribution is 2.51. The van der Waals surface area contributed by atoms with E-state index in [2.05, 4.69) is 44.9 Å². The van der Waals surface area contributed by atoms with Crippen LogP contribution in [0.1, 0.15) is 68.2 Å². The maximum Gasteiger partial charge on any atom is 0.434 e. The molecule has 0 bridgehead atoms. The molecule has 254 valence electrons. The molecule has 0 radical (unpaired) electrons. The monoisotopic (exact) mass is 665 g/mol. The lowest BCUT2D eigenvalue weighted by Crippen LogP contribution is -2.50. The van der Waals surface area contributed by atoms with E-state index in [9.17, 15) is 22.8 Å². The Morgan fingerprint density at radius 2 is 1.80 bits per heavy atom. The second-order valence-electron chi connectivity index (χ2n) is 13.4. The third-order valence-corrected chi connectivity index (χ3v) is 10.3. The summed E-state index contributed by atoms with van der Waals surface area (Å²) in [4.78, 5) is 31.1. The first-order chi connectivity index (χ1) is 21.7. The highest BCUT2D eigenvalue weighted by Gasteiger charge is 2.49. The standard InChI is InChI=1S/C32H46F3N7O3S/c1-7-41-24(14-15-36-41)30(43)39-28(27(21-8-9-21)22-10-11-22)31(44)38-25-13-12-23(29(37-25)32(33,34)35)26-19(2)40-42(20(26)3)18-45-16-17-46(4,5)6/h12-15,19,21-22,27-28,40H,7-11,16-18H2,1-6H3,(H,39,43)(H,37,38,44)/t19?,28-/m0/s1. The van der Waals surface area contributed by atoms with Gasteiger partial charge in [0.15, 0.2) is 5.69 Å². The zero-order valence-electron chi connectivity index (χ0n) is 27.4. The van der Waals surface area contributed by atoms with Crippen LogP contribution in [0.15, 0.2) is 30.1 Å². The minimum atomic E-state index is -4.78. The number of nitrogens with one attached hydrogen (secondary N) is 3. The third-order valence-electron chi connectivity index (χ3n) is 8.88. The fourth-order valence-electron chi connectivity index (χ4n) is 6.27. The third kappa shape index (κ3) is 8.06. The molecule has 10 nitrogen and oxygen atoms in total. The Morgan fingerprint density at radius 1 is 1.13 bits per heavy atom. The molecule has 2 saturated carbocycles. The van der Waals surface area contributed by atoms with Gasteiger partial charge in [-0.1, -0.05) is 0 Å². The molecular weight excluding hydrogens is 619 g/mol. The van der Waals surface area contributed by atoms with Crippen LogP contribution < -0.4 is 16.1 Å². The quantitative estimate of drug-likeness (QED) is 0.241. The van der Waals surface area contributed by atoms with Gasteiger partial charge in [-0.3, -0.25) is 19.3 Å². The summed E-state index contributed by atoms with van der Waals surface area (Å²) < 4.78 is 51.0. The smallest absolute Gasteiger partial charge is 0.359 e. The number of hydrogen-bond donors (Lipinski definition) is 3. The first-order valence-corrected chi connectivity index (χ1v) is 18.9. The molecule has 1 unspecified atom stereocenters. The Hall–Kier alpha value is -3.10. The maximum absolute atomic E-state index is 14.5. The molecule has 3 heterocycles. The largest absolute Gasteiger partial charge is 0.434 e. The summed E-state index contributed by atoms with van der Waals surface area (Å²) in [5.74, 6) is 0.174. The molecule has 14 heteroatoms. The minimum absolute atomic E-state index is 0.0591. The van der Waals surface area contributed by atoms with Crippen LogP contribution in [0.4, 0.5) is 19.0 Å². The van der Waals surface area contributed by atoms with Gasteiger partial charge in [-0.15, -0.1) is 0 Å². The molecule has 0 aromatic carbocycles. The highest BCUT2D eigenvalue weighted by atomic mass is 32.3. The lowest BCUT2D eigenvalue weighted by atomic mass is 9.88. The molecule has 1 aliphatic heterocycles. The zero-order chi connectivity index (χ0) is 33.4. The van der Waals surface area contributed by atoms with E-state index in [0.717, 1.165) is 31.4 Å². The van der Waals surface area contributed by atoms with E-state index in [1.54, 1.807) is 29.6 Å². The fraction of sp³-hybridized carbons (Fsp3) is 0.625. The van der Waals surface area contributed by atoms with Crippen molar-refractivity contribution in [3.63, 3.8) is 0 Å². The number of hydrogen-bond acceptors (Lipinski definition) is 7. The van der Waals surface area contributed by atoms with Crippen LogP contribution in [0.5, 0.6) is 0 Å². The van der Waals surface area contributed by atoms with Crippen molar-refractivity contribution in [2.45, 2.75) is 71.3 Å². The molecule has 2 aromatic heterocycles. The van der Waals surface area contributed by atoms with Crippen molar-refractivity contribution in [1.82, 2.24) is 30.5 Å². The molecule has 2 atom stereocenters. The molecule has 2 fully saturated rings. The lowest BCUT2D eigenvalue weighted by Gasteiger charge is -2.27. The Bertz CT molecular complexity index is 1450. The summed E-state index contributed by atoms with van der Waals surface area (Å²) in [5, 5.41) is 11.4. The summed E-state index contributed by atoms with van der Waals surface area (Å²) >= 11 is 0. The average molecular weight is 666 g/mol. The van der Waals surface area contributed by atoms with Crippen LogP contribution in [-0.4, -0.2) is 81.5 Å². The fourth-order valence-corrected chi connectivity index (χ4v) is 6.89. The number of allylic oxidation sites excluding steroid dienone is 1. The Kier molecular flexibility index (Phi) is 10.1. The Labute approximate surface area is 270 Å². The molecule has 3 aliphatic rings. The minimum Gasteiger partial charge on any atom is -0.359 e. The number of hydrazine groups is 1. The molecular formula is C32H46F3N7O3S. The van der Waals surface area contributed by atoms with Crippen LogP contribution in [0.25, 0.3) is 5.57 Å². The topological polar surface area (TPSA) is 113 Å². The van der Waals surface area contributed by atoms with Crippen LogP contribution in [0.2, 0.25) is 0 Å². The van der Waals surface area contributed by atoms with E-state index in [-0.39, 0.29) is 35.9 Å². The molecule has 2 amide bonds. The SMILES string of the molecule is CCn1nccc1C(=O)N[C@H](C(=O)Nc1ccc(C2=C(C)N(COCCS(C)(C)C)NC2C)c(C(F)(F)F)n1)C(C1CC1)C1CC1. The second-order valence-corrected chi connectivity index (χ2v) is 18.0. The predicted molar refractivity (Wildman–Crippen MR) is 174 cm³/mol. The van der Waals surface area contributed by atoms with Gasteiger partial charge in [-0.2, -0.15) is 18.3 Å². The average Bonchev–Trinajstić information content (AvgIpc) is 3.91. The summed E-state index contributed by atoms with van der Waals surface area (Å²) in [6.45, 7) is 6.65. The van der Waals surface area contributed by atoms with Crippen molar-refractivity contribution in [3.05, 3.63) is 47.0 Å². The normalized spacial score (nSPS) is 20.0. The number of aryl methyl sites for hydroxylation is 1. The molecule has 0 spiro atoms. The number of anilines is 1. The number of carbonyl (C=O) groups excluding carboxylic acids is 2. The first-order valence-electron chi connectivity index (χ1n) is 15.9. The van der Waals surface area contributed by atoms with Gasteiger partial charge < -0.3 is 15.4 Å². The molecule has 2 aliphatic carbocycles. The Balaban J connectivity index is 1.38. The predicted octanol–water partition coefficient (Wildman–Crippen LogP) is 5.10. The van der Waals surface area contributed by atoms with Gasteiger partial charge in [0.05, 0.1) is 12.6 Å².